The highest BCUT2D eigenvalue weighted by atomic mass is 15.0. The maximum absolute atomic E-state index is 7.98. The van der Waals surface area contributed by atoms with Crippen LogP contribution in [0.5, 0.6) is 0 Å². The molecule has 374 valence electrons. The second-order valence-electron chi connectivity index (χ2n) is 24.5. The number of aromatic nitrogens is 5. The number of nitrogens with zero attached hydrogens (tertiary/aromatic N) is 7. The summed E-state index contributed by atoms with van der Waals surface area (Å²) in [7, 11) is 0. The SMILES string of the molecule is [C-]#[N+]c1ccc2c(c1)c1cc([N+]#[C-])ccc1n2-c1ccc(-c2nc(-c3cc(C(C)(C)C)cc(C(C)(C)C)c3)nc(-c3cc(C(C)(C)C)cc(C(C)(C)C)c3)n2)cc1-c1ccccc1-n1c2ccccc2c2ccccc21. The topological polar surface area (TPSA) is 57.2 Å². The minimum absolute atomic E-state index is 0.131. The predicted octanol–water partition coefficient (Wildman–Crippen LogP) is 19.0. The van der Waals surface area contributed by atoms with Gasteiger partial charge in [-0.25, -0.2) is 24.6 Å². The van der Waals surface area contributed by atoms with E-state index in [1.165, 1.54) is 33.0 Å². The minimum Gasteiger partial charge on any atom is -0.309 e. The average molecular weight is 990 g/mol. The van der Waals surface area contributed by atoms with E-state index in [2.05, 4.69) is 229 Å². The standard InChI is InChI=1S/C69H63N7/c1-66(2,3)45-33-43(34-46(38-45)67(4,5)6)64-72-63(73-65(74-64)44-35-47(68(7,8)9)39-48(36-44)69(10,11)12)42-27-30-60(76-61-31-28-49(70-13)40-55(61)56-41-50(71-14)29-32-62(56)76)54(37-42)53-23-17-20-26-59(53)75-57-24-18-15-21-51(57)52-22-16-19-25-58(52)75/h15-41H,1-12H3. The van der Waals surface area contributed by atoms with Crippen molar-refractivity contribution in [2.24, 2.45) is 0 Å². The lowest BCUT2D eigenvalue weighted by Crippen LogP contribution is -2.17. The van der Waals surface area contributed by atoms with Gasteiger partial charge in [-0.3, -0.25) is 0 Å². The van der Waals surface area contributed by atoms with Crippen LogP contribution in [0.1, 0.15) is 105 Å². The second-order valence-corrected chi connectivity index (χ2v) is 24.5. The zero-order valence-electron chi connectivity index (χ0n) is 45.7. The van der Waals surface area contributed by atoms with Crippen LogP contribution in [0, 0.1) is 13.1 Å². The Morgan fingerprint density at radius 2 is 0.697 bits per heavy atom. The van der Waals surface area contributed by atoms with E-state index in [9.17, 15) is 0 Å². The van der Waals surface area contributed by atoms with Gasteiger partial charge in [0, 0.05) is 38.6 Å². The quantitative estimate of drug-likeness (QED) is 0.156. The maximum Gasteiger partial charge on any atom is 0.188 e. The van der Waals surface area contributed by atoms with Gasteiger partial charge in [-0.05, 0) is 140 Å². The van der Waals surface area contributed by atoms with Gasteiger partial charge in [-0.15, -0.1) is 0 Å². The molecule has 0 aliphatic rings. The number of hydrogen-bond donors (Lipinski definition) is 0. The van der Waals surface area contributed by atoms with Crippen molar-refractivity contribution in [2.75, 3.05) is 0 Å². The van der Waals surface area contributed by atoms with Gasteiger partial charge in [-0.1, -0.05) is 162 Å². The Kier molecular flexibility index (Phi) is 11.8. The van der Waals surface area contributed by atoms with Crippen LogP contribution in [-0.4, -0.2) is 24.1 Å². The number of para-hydroxylation sites is 3. The molecule has 0 aliphatic carbocycles. The summed E-state index contributed by atoms with van der Waals surface area (Å²) in [4.78, 5) is 24.2. The van der Waals surface area contributed by atoms with E-state index in [-0.39, 0.29) is 21.7 Å². The van der Waals surface area contributed by atoms with Crippen molar-refractivity contribution in [2.45, 2.75) is 105 Å². The average Bonchev–Trinajstić information content (AvgIpc) is 3.91. The molecule has 0 amide bonds. The molecule has 3 aromatic heterocycles. The van der Waals surface area contributed by atoms with E-state index in [0.717, 1.165) is 72.0 Å². The van der Waals surface area contributed by atoms with Crippen molar-refractivity contribution in [1.29, 1.82) is 0 Å². The lowest BCUT2D eigenvalue weighted by molar-refractivity contribution is 0.568. The summed E-state index contributed by atoms with van der Waals surface area (Å²) >= 11 is 0. The molecule has 0 spiro atoms. The van der Waals surface area contributed by atoms with E-state index in [4.69, 9.17) is 28.1 Å². The molecule has 3 heterocycles. The second kappa shape index (κ2) is 18.0. The molecule has 0 bridgehead atoms. The van der Waals surface area contributed by atoms with Gasteiger partial charge in [0.25, 0.3) is 0 Å². The van der Waals surface area contributed by atoms with Crippen LogP contribution in [0.3, 0.4) is 0 Å². The Morgan fingerprint density at radius 1 is 0.329 bits per heavy atom. The van der Waals surface area contributed by atoms with E-state index in [0.29, 0.717) is 28.8 Å². The zero-order valence-corrected chi connectivity index (χ0v) is 45.7. The van der Waals surface area contributed by atoms with Crippen LogP contribution in [0.25, 0.3) is 110 Å². The third-order valence-corrected chi connectivity index (χ3v) is 15.0. The van der Waals surface area contributed by atoms with Crippen molar-refractivity contribution in [3.63, 3.8) is 0 Å². The molecule has 0 fully saturated rings. The van der Waals surface area contributed by atoms with Gasteiger partial charge in [0.2, 0.25) is 0 Å². The summed E-state index contributed by atoms with van der Waals surface area (Å²) in [6, 6.07) is 58.0. The Bertz CT molecular complexity index is 3950. The van der Waals surface area contributed by atoms with Gasteiger partial charge in [0.1, 0.15) is 0 Å². The molecule has 0 saturated carbocycles. The number of hydrogen-bond acceptors (Lipinski definition) is 3. The highest BCUT2D eigenvalue weighted by Crippen LogP contribution is 2.44. The van der Waals surface area contributed by atoms with Crippen molar-refractivity contribution >= 4 is 55.0 Å². The first kappa shape index (κ1) is 49.6. The van der Waals surface area contributed by atoms with Crippen LogP contribution in [0.15, 0.2) is 164 Å². The summed E-state index contributed by atoms with van der Waals surface area (Å²) < 4.78 is 4.67. The van der Waals surface area contributed by atoms with E-state index >= 15 is 0 Å². The van der Waals surface area contributed by atoms with E-state index in [1.54, 1.807) is 0 Å². The van der Waals surface area contributed by atoms with Gasteiger partial charge >= 0.3 is 0 Å². The van der Waals surface area contributed by atoms with Crippen LogP contribution >= 0.6 is 0 Å². The molecule has 11 rings (SSSR count). The summed E-state index contributed by atoms with van der Waals surface area (Å²) in [5.74, 6) is 1.78. The lowest BCUT2D eigenvalue weighted by atomic mass is 9.79. The van der Waals surface area contributed by atoms with Crippen molar-refractivity contribution in [3.05, 3.63) is 209 Å². The lowest BCUT2D eigenvalue weighted by Gasteiger charge is -2.26. The summed E-state index contributed by atoms with van der Waals surface area (Å²) in [6.07, 6.45) is 0. The number of benzene rings is 8. The monoisotopic (exact) mass is 990 g/mol. The van der Waals surface area contributed by atoms with Gasteiger partial charge in [-0.2, -0.15) is 0 Å². The molecule has 7 heteroatoms. The Balaban J connectivity index is 1.25. The minimum atomic E-state index is -0.131. The molecule has 0 aliphatic heterocycles. The first-order valence-corrected chi connectivity index (χ1v) is 26.2. The fourth-order valence-electron chi connectivity index (χ4n) is 10.6. The van der Waals surface area contributed by atoms with E-state index in [1.807, 2.05) is 36.4 Å². The fraction of sp³-hybridized carbons (Fsp3) is 0.232. The first-order chi connectivity index (χ1) is 36.1. The zero-order chi connectivity index (χ0) is 53.6. The van der Waals surface area contributed by atoms with Crippen LogP contribution in [0.2, 0.25) is 0 Å². The smallest absolute Gasteiger partial charge is 0.188 e. The predicted molar refractivity (Wildman–Crippen MR) is 318 cm³/mol. The Hall–Kier alpha value is -8.65. The largest absolute Gasteiger partial charge is 0.309 e. The highest BCUT2D eigenvalue weighted by molar-refractivity contribution is 6.13. The fourth-order valence-corrected chi connectivity index (χ4v) is 10.6. The maximum atomic E-state index is 7.98. The molecule has 0 N–H and O–H groups in total. The summed E-state index contributed by atoms with van der Waals surface area (Å²) in [5, 5.41) is 4.17. The van der Waals surface area contributed by atoms with Crippen molar-refractivity contribution < 1.29 is 0 Å². The summed E-state index contributed by atoms with van der Waals surface area (Å²) in [6.45, 7) is 43.1. The molecule has 7 nitrogen and oxygen atoms in total. The molecule has 0 atom stereocenters. The van der Waals surface area contributed by atoms with Crippen molar-refractivity contribution in [1.82, 2.24) is 24.1 Å². The Morgan fingerprint density at radius 3 is 1.12 bits per heavy atom. The molecule has 11 aromatic rings. The first-order valence-electron chi connectivity index (χ1n) is 26.2. The summed E-state index contributed by atoms with van der Waals surface area (Å²) in [5.41, 5.74) is 16.1. The molecular weight excluding hydrogens is 927 g/mol. The van der Waals surface area contributed by atoms with Crippen molar-refractivity contribution in [3.8, 4) is 56.7 Å². The molecule has 8 aromatic carbocycles. The van der Waals surface area contributed by atoms with Crippen LogP contribution in [0.4, 0.5) is 11.4 Å². The number of fused-ring (bicyclic) bond motifs is 6. The molecule has 76 heavy (non-hydrogen) atoms. The third kappa shape index (κ3) is 8.80. The molecular formula is C69H63N7. The Labute approximate surface area is 447 Å². The van der Waals surface area contributed by atoms with Gasteiger partial charge in [0.15, 0.2) is 28.8 Å². The van der Waals surface area contributed by atoms with E-state index < -0.39 is 0 Å². The van der Waals surface area contributed by atoms with Crippen LogP contribution in [-0.2, 0) is 21.7 Å². The van der Waals surface area contributed by atoms with Gasteiger partial charge < -0.3 is 9.13 Å². The third-order valence-electron chi connectivity index (χ3n) is 15.0. The molecule has 0 radical (unpaired) electrons. The number of rotatable bonds is 6. The normalized spacial score (nSPS) is 12.4. The van der Waals surface area contributed by atoms with Gasteiger partial charge in [0.05, 0.1) is 46.6 Å². The molecule has 0 saturated heterocycles. The van der Waals surface area contributed by atoms with Crippen LogP contribution < -0.4 is 0 Å². The highest BCUT2D eigenvalue weighted by Gasteiger charge is 2.27. The molecule has 0 unspecified atom stereocenters.